The molecule has 2 atom stereocenters. The van der Waals surface area contributed by atoms with Crippen LogP contribution in [0, 0.1) is 0 Å². The quantitative estimate of drug-likeness (QED) is 0.616. The van der Waals surface area contributed by atoms with Crippen LogP contribution in [0.5, 0.6) is 0 Å². The van der Waals surface area contributed by atoms with Crippen molar-refractivity contribution < 1.29 is 20.1 Å². The third kappa shape index (κ3) is 3.97. The van der Waals surface area contributed by atoms with E-state index in [-0.39, 0.29) is 6.61 Å². The first kappa shape index (κ1) is 12.1. The third-order valence-corrected chi connectivity index (χ3v) is 2.10. The number of benzene rings is 1. The highest BCUT2D eigenvalue weighted by molar-refractivity contribution is 5.13. The number of hydrogen-bond donors (Lipinski definition) is 3. The molecule has 0 saturated carbocycles. The van der Waals surface area contributed by atoms with Crippen LogP contribution in [0.25, 0.3) is 0 Å². The topological polar surface area (TPSA) is 69.9 Å². The van der Waals surface area contributed by atoms with Crippen molar-refractivity contribution in [2.24, 2.45) is 0 Å². The largest absolute Gasteiger partial charge is 0.394 e. The second kappa shape index (κ2) is 6.53. The van der Waals surface area contributed by atoms with Crippen LogP contribution in [0.4, 0.5) is 0 Å². The van der Waals surface area contributed by atoms with Gasteiger partial charge in [0.2, 0.25) is 0 Å². The van der Waals surface area contributed by atoms with E-state index in [1.165, 1.54) is 0 Å². The Kier molecular flexibility index (Phi) is 5.28. The average molecular weight is 212 g/mol. The van der Waals surface area contributed by atoms with Crippen molar-refractivity contribution in [1.29, 1.82) is 0 Å². The first-order valence-electron chi connectivity index (χ1n) is 4.83. The summed E-state index contributed by atoms with van der Waals surface area (Å²) in [4.78, 5) is 0. The highest BCUT2D eigenvalue weighted by atomic mass is 16.5. The maximum Gasteiger partial charge on any atom is 0.109 e. The van der Waals surface area contributed by atoms with E-state index in [2.05, 4.69) is 0 Å². The van der Waals surface area contributed by atoms with Crippen molar-refractivity contribution in [3.05, 3.63) is 35.9 Å². The molecule has 1 aromatic carbocycles. The van der Waals surface area contributed by atoms with Crippen LogP contribution in [-0.2, 0) is 11.3 Å². The molecule has 0 saturated heterocycles. The maximum absolute atomic E-state index is 9.26. The van der Waals surface area contributed by atoms with Gasteiger partial charge in [-0.1, -0.05) is 30.3 Å². The monoisotopic (exact) mass is 212 g/mol. The third-order valence-electron chi connectivity index (χ3n) is 2.10. The van der Waals surface area contributed by atoms with Crippen molar-refractivity contribution in [3.8, 4) is 0 Å². The average Bonchev–Trinajstić information content (AvgIpc) is 2.31. The summed E-state index contributed by atoms with van der Waals surface area (Å²) in [6.07, 6.45) is -1.78. The predicted molar refractivity (Wildman–Crippen MR) is 55.2 cm³/mol. The van der Waals surface area contributed by atoms with Crippen molar-refractivity contribution in [1.82, 2.24) is 0 Å². The van der Waals surface area contributed by atoms with Crippen LogP contribution in [-0.4, -0.2) is 40.7 Å². The molecule has 84 valence electrons. The second-order valence-corrected chi connectivity index (χ2v) is 3.27. The molecule has 4 heteroatoms. The van der Waals surface area contributed by atoms with E-state index in [4.69, 9.17) is 14.9 Å². The molecule has 15 heavy (non-hydrogen) atoms. The van der Waals surface area contributed by atoms with Crippen molar-refractivity contribution in [2.45, 2.75) is 18.8 Å². The molecule has 0 fully saturated rings. The fourth-order valence-electron chi connectivity index (χ4n) is 1.18. The summed E-state index contributed by atoms with van der Waals surface area (Å²) in [6, 6.07) is 9.44. The fraction of sp³-hybridized carbons (Fsp3) is 0.455. The minimum Gasteiger partial charge on any atom is -0.394 e. The normalized spacial score (nSPS) is 14.9. The molecule has 0 heterocycles. The second-order valence-electron chi connectivity index (χ2n) is 3.27. The lowest BCUT2D eigenvalue weighted by Gasteiger charge is -2.19. The van der Waals surface area contributed by atoms with Gasteiger partial charge in [-0.2, -0.15) is 0 Å². The molecule has 0 amide bonds. The van der Waals surface area contributed by atoms with Crippen molar-refractivity contribution >= 4 is 0 Å². The molecule has 0 aliphatic carbocycles. The van der Waals surface area contributed by atoms with Gasteiger partial charge in [0, 0.05) is 0 Å². The summed E-state index contributed by atoms with van der Waals surface area (Å²) in [5.41, 5.74) is 0.959. The van der Waals surface area contributed by atoms with Crippen LogP contribution in [0.15, 0.2) is 30.3 Å². The molecule has 0 unspecified atom stereocenters. The predicted octanol–water partition coefficient (Wildman–Crippen LogP) is -0.0827. The van der Waals surface area contributed by atoms with Crippen LogP contribution < -0.4 is 0 Å². The number of aliphatic hydroxyl groups is 3. The molecule has 0 aliphatic heterocycles. The Morgan fingerprint density at radius 2 is 1.73 bits per heavy atom. The molecule has 4 nitrogen and oxygen atoms in total. The molecule has 0 spiro atoms. The van der Waals surface area contributed by atoms with Gasteiger partial charge in [0.05, 0.1) is 19.8 Å². The zero-order chi connectivity index (χ0) is 11.1. The summed E-state index contributed by atoms with van der Waals surface area (Å²) in [6.45, 7) is -0.419. The van der Waals surface area contributed by atoms with E-state index in [9.17, 15) is 5.11 Å². The minimum atomic E-state index is -1.04. The zero-order valence-electron chi connectivity index (χ0n) is 8.41. The van der Waals surface area contributed by atoms with Gasteiger partial charge >= 0.3 is 0 Å². The zero-order valence-corrected chi connectivity index (χ0v) is 8.41. The van der Waals surface area contributed by atoms with Crippen molar-refractivity contribution in [3.63, 3.8) is 0 Å². The first-order chi connectivity index (χ1) is 7.27. The summed E-state index contributed by atoms with van der Waals surface area (Å²) < 4.78 is 5.27. The number of ether oxygens (including phenoxy) is 1. The van der Waals surface area contributed by atoms with Gasteiger partial charge in [-0.3, -0.25) is 0 Å². The molecule has 3 N–H and O–H groups in total. The van der Waals surface area contributed by atoms with Gasteiger partial charge in [-0.15, -0.1) is 0 Å². The van der Waals surface area contributed by atoms with Gasteiger partial charge < -0.3 is 20.1 Å². The molecule has 1 aromatic rings. The highest BCUT2D eigenvalue weighted by Gasteiger charge is 2.17. The Hall–Kier alpha value is -0.940. The Labute approximate surface area is 88.8 Å². The van der Waals surface area contributed by atoms with E-state index in [0.29, 0.717) is 6.61 Å². The van der Waals surface area contributed by atoms with E-state index in [0.717, 1.165) is 5.56 Å². The molecule has 0 aliphatic rings. The van der Waals surface area contributed by atoms with Gasteiger partial charge in [-0.25, -0.2) is 0 Å². The van der Waals surface area contributed by atoms with Crippen molar-refractivity contribution in [2.75, 3.05) is 13.2 Å². The summed E-state index contributed by atoms with van der Waals surface area (Å²) in [5.74, 6) is 0. The lowest BCUT2D eigenvalue weighted by atomic mass is 10.2. The molecule has 0 radical (unpaired) electrons. The standard InChI is InChI=1S/C11H16O4/c12-6-10(14)11(7-13)15-8-9-4-2-1-3-5-9/h1-5,10-14H,6-8H2/t10-,11+/m1/s1. The maximum atomic E-state index is 9.26. The SMILES string of the molecule is OC[C@@H](O)[C@H](CO)OCc1ccccc1. The molecule has 0 bridgehead atoms. The van der Waals surface area contributed by atoms with E-state index >= 15 is 0 Å². The number of hydrogen-bond acceptors (Lipinski definition) is 4. The van der Waals surface area contributed by atoms with Gasteiger partial charge in [0.15, 0.2) is 0 Å². The van der Waals surface area contributed by atoms with Gasteiger partial charge in [-0.05, 0) is 5.56 Å². The van der Waals surface area contributed by atoms with Crippen LogP contribution >= 0.6 is 0 Å². The van der Waals surface area contributed by atoms with Crippen LogP contribution in [0.2, 0.25) is 0 Å². The molecule has 0 aromatic heterocycles. The number of rotatable bonds is 6. The fourth-order valence-corrected chi connectivity index (χ4v) is 1.18. The van der Waals surface area contributed by atoms with Gasteiger partial charge in [0.1, 0.15) is 12.2 Å². The Morgan fingerprint density at radius 1 is 1.07 bits per heavy atom. The van der Waals surface area contributed by atoms with Crippen LogP contribution in [0.3, 0.4) is 0 Å². The number of aliphatic hydroxyl groups excluding tert-OH is 3. The molecular weight excluding hydrogens is 196 g/mol. The molecular formula is C11H16O4. The highest BCUT2D eigenvalue weighted by Crippen LogP contribution is 2.05. The Bertz CT molecular complexity index is 263. The van der Waals surface area contributed by atoms with E-state index in [1.54, 1.807) is 0 Å². The first-order valence-corrected chi connectivity index (χ1v) is 4.83. The summed E-state index contributed by atoms with van der Waals surface area (Å²) >= 11 is 0. The van der Waals surface area contributed by atoms with E-state index < -0.39 is 18.8 Å². The Morgan fingerprint density at radius 3 is 2.27 bits per heavy atom. The smallest absolute Gasteiger partial charge is 0.109 e. The van der Waals surface area contributed by atoms with E-state index in [1.807, 2.05) is 30.3 Å². The molecule has 1 rings (SSSR count). The minimum absolute atomic E-state index is 0.309. The summed E-state index contributed by atoms with van der Waals surface area (Å²) in [5, 5.41) is 26.9. The Balaban J connectivity index is 2.41. The van der Waals surface area contributed by atoms with Gasteiger partial charge in [0.25, 0.3) is 0 Å². The van der Waals surface area contributed by atoms with Crippen LogP contribution in [0.1, 0.15) is 5.56 Å². The lowest BCUT2D eigenvalue weighted by Crippen LogP contribution is -2.34. The lowest BCUT2D eigenvalue weighted by molar-refractivity contribution is -0.0860. The summed E-state index contributed by atoms with van der Waals surface area (Å²) in [7, 11) is 0.